The van der Waals surface area contributed by atoms with Crippen molar-refractivity contribution in [2.24, 2.45) is 0 Å². The van der Waals surface area contributed by atoms with Crippen molar-refractivity contribution in [2.45, 2.75) is 17.0 Å². The van der Waals surface area contributed by atoms with Gasteiger partial charge in [-0.25, -0.2) is 0 Å². The Bertz CT molecular complexity index is 1330. The summed E-state index contributed by atoms with van der Waals surface area (Å²) in [6, 6.07) is 15.5. The highest BCUT2D eigenvalue weighted by Gasteiger charge is 2.40. The number of carbonyl (C=O) groups is 2. The molecule has 4 nitrogen and oxygen atoms in total. The molecular formula is C23H19F3N2O2S. The first-order valence-corrected chi connectivity index (χ1v) is 11.2. The molecule has 2 amide bonds. The fraction of sp³-hybridized carbons (Fsp3) is 0.130. The van der Waals surface area contributed by atoms with E-state index in [2.05, 4.69) is 17.1 Å². The number of benzene rings is 3. The Morgan fingerprint density at radius 3 is 2.32 bits per heavy atom. The van der Waals surface area contributed by atoms with Gasteiger partial charge in [-0.1, -0.05) is 42.1 Å². The van der Waals surface area contributed by atoms with Crippen LogP contribution < -0.4 is 5.32 Å². The summed E-state index contributed by atoms with van der Waals surface area (Å²) in [7, 11) is -0.630. The van der Waals surface area contributed by atoms with E-state index in [4.69, 9.17) is 0 Å². The molecule has 31 heavy (non-hydrogen) atoms. The first-order valence-electron chi connectivity index (χ1n) is 9.28. The summed E-state index contributed by atoms with van der Waals surface area (Å²) < 4.78 is 40.4. The van der Waals surface area contributed by atoms with E-state index in [0.29, 0.717) is 10.5 Å². The van der Waals surface area contributed by atoms with Gasteiger partial charge in [-0.3, -0.25) is 13.9 Å². The molecule has 1 heterocycles. The Morgan fingerprint density at radius 1 is 1.03 bits per heavy atom. The molecule has 3 aromatic rings. The maximum Gasteiger partial charge on any atom is 0.416 e. The van der Waals surface area contributed by atoms with Crippen molar-refractivity contribution in [2.75, 3.05) is 12.4 Å². The third kappa shape index (κ3) is 3.57. The zero-order valence-electron chi connectivity index (χ0n) is 16.6. The number of rotatable bonds is 2. The maximum atomic E-state index is 13.1. The van der Waals surface area contributed by atoms with E-state index < -0.39 is 38.9 Å². The summed E-state index contributed by atoms with van der Waals surface area (Å²) >= 11 is 0. The highest BCUT2D eigenvalue weighted by atomic mass is 32.2. The second kappa shape index (κ2) is 7.16. The SMILES string of the molecule is C=S1(=C)c2cc3ccccc3cc2C(C(=O)Nc2cccc(C(F)(F)F)c2)C(=O)N1C. The van der Waals surface area contributed by atoms with Crippen LogP contribution in [0.1, 0.15) is 17.0 Å². The van der Waals surface area contributed by atoms with Crippen LogP contribution >= 0.6 is 9.39 Å². The quantitative estimate of drug-likeness (QED) is 0.447. The van der Waals surface area contributed by atoms with Gasteiger partial charge in [-0.05, 0) is 46.7 Å². The van der Waals surface area contributed by atoms with Crippen LogP contribution in [0.5, 0.6) is 0 Å². The van der Waals surface area contributed by atoms with E-state index >= 15 is 0 Å². The van der Waals surface area contributed by atoms with Crippen LogP contribution in [0.25, 0.3) is 10.8 Å². The molecule has 0 saturated heterocycles. The van der Waals surface area contributed by atoms with Gasteiger partial charge >= 0.3 is 6.18 Å². The number of likely N-dealkylation sites (N-methyl/N-ethyl adjacent to an activating group) is 1. The minimum atomic E-state index is -4.54. The largest absolute Gasteiger partial charge is 0.416 e. The smallest absolute Gasteiger partial charge is 0.325 e. The predicted octanol–water partition coefficient (Wildman–Crippen LogP) is 5.00. The van der Waals surface area contributed by atoms with E-state index in [-0.39, 0.29) is 5.69 Å². The summed E-state index contributed by atoms with van der Waals surface area (Å²) in [6.45, 7) is 0. The molecule has 0 bridgehead atoms. The standard InChI is InChI=1S/C23H19F3N2O2S/c1-28-22(30)20(21(29)27-17-10-6-9-16(13-17)23(24,25)26)18-11-14-7-4-5-8-15(14)12-19(18)31(28,2)3/h4-13,20H,2-3H2,1H3,(H,27,29). The first-order chi connectivity index (χ1) is 14.5. The number of hydrogen-bond donors (Lipinski definition) is 1. The Kier molecular flexibility index (Phi) is 4.85. The minimum Gasteiger partial charge on any atom is -0.325 e. The molecule has 0 spiro atoms. The number of amides is 2. The molecule has 1 aliphatic rings. The number of fused-ring (bicyclic) bond motifs is 2. The second-order valence-corrected chi connectivity index (χ2v) is 10.1. The van der Waals surface area contributed by atoms with E-state index in [1.165, 1.54) is 16.4 Å². The summed E-state index contributed by atoms with van der Waals surface area (Å²) in [5.74, 6) is 5.87. The molecule has 160 valence electrons. The van der Waals surface area contributed by atoms with Crippen molar-refractivity contribution in [1.82, 2.24) is 4.31 Å². The van der Waals surface area contributed by atoms with Crippen LogP contribution in [-0.2, 0) is 15.8 Å². The molecule has 0 aromatic heterocycles. The lowest BCUT2D eigenvalue weighted by molar-refractivity contribution is -0.138. The monoisotopic (exact) mass is 444 g/mol. The molecule has 0 radical (unpaired) electrons. The number of anilines is 1. The Balaban J connectivity index is 1.81. The Labute approximate surface area is 177 Å². The molecule has 1 unspecified atom stereocenters. The number of alkyl halides is 3. The van der Waals surface area contributed by atoms with Crippen LogP contribution in [0.3, 0.4) is 0 Å². The lowest BCUT2D eigenvalue weighted by Crippen LogP contribution is -2.40. The van der Waals surface area contributed by atoms with E-state index in [1.807, 2.05) is 30.3 Å². The third-order valence-corrected chi connectivity index (χ3v) is 7.80. The van der Waals surface area contributed by atoms with Crippen LogP contribution in [0.15, 0.2) is 65.6 Å². The number of hydrogen-bond acceptors (Lipinski definition) is 2. The Morgan fingerprint density at radius 2 is 1.68 bits per heavy atom. The average molecular weight is 444 g/mol. The van der Waals surface area contributed by atoms with Gasteiger partial charge in [-0.2, -0.15) is 13.2 Å². The van der Waals surface area contributed by atoms with Crippen LogP contribution in [0.2, 0.25) is 0 Å². The maximum absolute atomic E-state index is 13.1. The molecule has 0 saturated carbocycles. The van der Waals surface area contributed by atoms with Crippen molar-refractivity contribution in [3.8, 4) is 0 Å². The average Bonchev–Trinajstić information content (AvgIpc) is 2.71. The lowest BCUT2D eigenvalue weighted by atomic mass is 9.94. The highest BCUT2D eigenvalue weighted by molar-refractivity contribution is 8.26. The number of halogens is 3. The molecular weight excluding hydrogens is 425 g/mol. The van der Waals surface area contributed by atoms with E-state index in [1.54, 1.807) is 13.1 Å². The molecule has 4 rings (SSSR count). The second-order valence-electron chi connectivity index (χ2n) is 7.42. The Hall–Kier alpha value is -3.26. The highest BCUT2D eigenvalue weighted by Crippen LogP contribution is 2.48. The first kappa shape index (κ1) is 21.0. The topological polar surface area (TPSA) is 49.4 Å². The van der Waals surface area contributed by atoms with Crippen LogP contribution in [0, 0.1) is 0 Å². The van der Waals surface area contributed by atoms with Crippen molar-refractivity contribution in [3.63, 3.8) is 0 Å². The molecule has 1 atom stereocenters. The summed E-state index contributed by atoms with van der Waals surface area (Å²) in [4.78, 5) is 26.9. The lowest BCUT2D eigenvalue weighted by Gasteiger charge is -2.38. The van der Waals surface area contributed by atoms with Gasteiger partial charge in [0.1, 0.15) is 5.92 Å². The van der Waals surface area contributed by atoms with Gasteiger partial charge < -0.3 is 5.32 Å². The third-order valence-electron chi connectivity index (χ3n) is 5.40. The number of carbonyl (C=O) groups excluding carboxylic acids is 2. The molecule has 0 fully saturated rings. The summed E-state index contributed by atoms with van der Waals surface area (Å²) in [5.41, 5.74) is -0.444. The molecule has 3 aromatic carbocycles. The van der Waals surface area contributed by atoms with E-state index in [0.717, 1.165) is 22.9 Å². The zero-order valence-corrected chi connectivity index (χ0v) is 17.4. The molecule has 0 aliphatic carbocycles. The van der Waals surface area contributed by atoms with Crippen molar-refractivity contribution in [3.05, 3.63) is 71.8 Å². The van der Waals surface area contributed by atoms with Gasteiger partial charge in [0.2, 0.25) is 11.8 Å². The zero-order chi connectivity index (χ0) is 22.6. The van der Waals surface area contributed by atoms with Crippen LogP contribution in [-0.4, -0.2) is 34.9 Å². The predicted molar refractivity (Wildman–Crippen MR) is 120 cm³/mol. The summed E-state index contributed by atoms with van der Waals surface area (Å²) in [6.07, 6.45) is -4.54. The van der Waals surface area contributed by atoms with Gasteiger partial charge in [0.05, 0.1) is 5.56 Å². The van der Waals surface area contributed by atoms with Gasteiger partial charge in [0.25, 0.3) is 0 Å². The number of nitrogens with zero attached hydrogens (tertiary/aromatic N) is 1. The minimum absolute atomic E-state index is 0.0361. The fourth-order valence-electron chi connectivity index (χ4n) is 3.67. The molecule has 1 aliphatic heterocycles. The molecule has 8 heteroatoms. The van der Waals surface area contributed by atoms with E-state index in [9.17, 15) is 22.8 Å². The molecule has 1 N–H and O–H groups in total. The van der Waals surface area contributed by atoms with Gasteiger partial charge in [0, 0.05) is 17.6 Å². The van der Waals surface area contributed by atoms with Gasteiger partial charge in [-0.15, -0.1) is 9.39 Å². The summed E-state index contributed by atoms with van der Waals surface area (Å²) in [5, 5.41) is 4.23. The van der Waals surface area contributed by atoms with Crippen molar-refractivity contribution in [1.29, 1.82) is 0 Å². The van der Waals surface area contributed by atoms with Crippen molar-refractivity contribution < 1.29 is 22.8 Å². The van der Waals surface area contributed by atoms with Crippen molar-refractivity contribution >= 4 is 49.4 Å². The van der Waals surface area contributed by atoms with Gasteiger partial charge in [0.15, 0.2) is 0 Å². The fourth-order valence-corrected chi connectivity index (χ4v) is 5.37. The number of nitrogens with one attached hydrogen (secondary N) is 1. The normalized spacial score (nSPS) is 18.0. The van der Waals surface area contributed by atoms with Crippen LogP contribution in [0.4, 0.5) is 18.9 Å².